The Bertz CT molecular complexity index is 366. The third kappa shape index (κ3) is 1.77. The van der Waals surface area contributed by atoms with E-state index in [1.807, 2.05) is 0 Å². The van der Waals surface area contributed by atoms with Gasteiger partial charge in [0.1, 0.15) is 5.76 Å². The summed E-state index contributed by atoms with van der Waals surface area (Å²) in [7, 11) is 0. The van der Waals surface area contributed by atoms with Gasteiger partial charge in [-0.15, -0.1) is 0 Å². The van der Waals surface area contributed by atoms with Crippen LogP contribution in [0.4, 0.5) is 0 Å². The second kappa shape index (κ2) is 4.21. The van der Waals surface area contributed by atoms with E-state index in [1.165, 1.54) is 37.8 Å². The van der Waals surface area contributed by atoms with E-state index >= 15 is 0 Å². The Morgan fingerprint density at radius 1 is 1.25 bits per heavy atom. The summed E-state index contributed by atoms with van der Waals surface area (Å²) in [5, 5.41) is 0. The van der Waals surface area contributed by atoms with Gasteiger partial charge in [-0.1, -0.05) is 12.8 Å². The molecule has 3 heteroatoms. The number of oxazole rings is 1. The van der Waals surface area contributed by atoms with Gasteiger partial charge in [0.2, 0.25) is 0 Å². The smallest absolute Gasteiger partial charge is 0.197 e. The zero-order valence-corrected chi connectivity index (χ0v) is 9.74. The van der Waals surface area contributed by atoms with Crippen molar-refractivity contribution in [1.29, 1.82) is 0 Å². The largest absolute Gasteiger partial charge is 0.445 e. The lowest BCUT2D eigenvalue weighted by molar-refractivity contribution is 0.370. The second-order valence-corrected chi connectivity index (χ2v) is 5.25. The molecule has 0 aromatic carbocycles. The summed E-state index contributed by atoms with van der Waals surface area (Å²) in [6.45, 7) is 0.777. The van der Waals surface area contributed by atoms with E-state index in [9.17, 15) is 0 Å². The molecule has 1 unspecified atom stereocenters. The first-order valence-electron chi connectivity index (χ1n) is 6.55. The molecule has 1 fully saturated rings. The van der Waals surface area contributed by atoms with Gasteiger partial charge in [0.15, 0.2) is 5.89 Å². The van der Waals surface area contributed by atoms with Crippen LogP contribution in [0, 0.1) is 5.92 Å². The van der Waals surface area contributed by atoms with Crippen LogP contribution in [0.3, 0.4) is 0 Å². The number of fused-ring (bicyclic) bond motifs is 1. The maximum Gasteiger partial charge on any atom is 0.197 e. The lowest BCUT2D eigenvalue weighted by Crippen LogP contribution is -2.21. The van der Waals surface area contributed by atoms with Gasteiger partial charge >= 0.3 is 0 Å². The lowest BCUT2D eigenvalue weighted by Gasteiger charge is -2.17. The molecule has 1 heterocycles. The van der Waals surface area contributed by atoms with Crippen LogP contribution in [0.15, 0.2) is 4.42 Å². The molecule has 3 rings (SSSR count). The molecular weight excluding hydrogens is 200 g/mol. The van der Waals surface area contributed by atoms with Gasteiger partial charge in [-0.3, -0.25) is 0 Å². The fraction of sp³-hybridized carbons (Fsp3) is 0.769. The van der Waals surface area contributed by atoms with Crippen molar-refractivity contribution in [3.8, 4) is 0 Å². The minimum absolute atomic E-state index is 0.599. The fourth-order valence-corrected chi connectivity index (χ4v) is 3.01. The van der Waals surface area contributed by atoms with Crippen LogP contribution < -0.4 is 5.73 Å². The average molecular weight is 220 g/mol. The third-order valence-electron chi connectivity index (χ3n) is 4.10. The molecule has 0 aliphatic heterocycles. The maximum absolute atomic E-state index is 5.96. The quantitative estimate of drug-likeness (QED) is 0.832. The highest BCUT2D eigenvalue weighted by Gasteiger charge is 2.27. The molecule has 0 saturated heterocycles. The molecule has 2 aliphatic carbocycles. The molecule has 1 aromatic heterocycles. The van der Waals surface area contributed by atoms with E-state index in [4.69, 9.17) is 15.1 Å². The van der Waals surface area contributed by atoms with Crippen LogP contribution in [0.1, 0.15) is 55.4 Å². The molecule has 0 spiro atoms. The Kier molecular flexibility index (Phi) is 2.72. The molecule has 2 N–H and O–H groups in total. The van der Waals surface area contributed by atoms with Crippen LogP contribution in [0.25, 0.3) is 0 Å². The Labute approximate surface area is 96.4 Å². The van der Waals surface area contributed by atoms with Gasteiger partial charge in [-0.25, -0.2) is 4.98 Å². The number of aromatic nitrogens is 1. The summed E-state index contributed by atoms with van der Waals surface area (Å²) in [5.74, 6) is 3.35. The normalized spacial score (nSPS) is 25.9. The molecule has 0 amide bonds. The summed E-state index contributed by atoms with van der Waals surface area (Å²) in [4.78, 5) is 4.69. The summed E-state index contributed by atoms with van der Waals surface area (Å²) < 4.78 is 5.96. The number of hydrogen-bond acceptors (Lipinski definition) is 3. The molecule has 3 nitrogen and oxygen atoms in total. The van der Waals surface area contributed by atoms with Crippen molar-refractivity contribution in [3.63, 3.8) is 0 Å². The Morgan fingerprint density at radius 3 is 2.81 bits per heavy atom. The van der Waals surface area contributed by atoms with Crippen LogP contribution >= 0.6 is 0 Å². The number of nitrogens with zero attached hydrogens (tertiary/aromatic N) is 1. The van der Waals surface area contributed by atoms with Gasteiger partial charge in [0, 0.05) is 12.3 Å². The lowest BCUT2D eigenvalue weighted by atomic mass is 9.91. The van der Waals surface area contributed by atoms with Crippen molar-refractivity contribution >= 4 is 0 Å². The first kappa shape index (κ1) is 10.3. The fourth-order valence-electron chi connectivity index (χ4n) is 3.01. The van der Waals surface area contributed by atoms with Gasteiger partial charge in [-0.2, -0.15) is 0 Å². The van der Waals surface area contributed by atoms with Crippen molar-refractivity contribution in [3.05, 3.63) is 17.3 Å². The molecule has 16 heavy (non-hydrogen) atoms. The van der Waals surface area contributed by atoms with Crippen molar-refractivity contribution in [1.82, 2.24) is 4.98 Å². The van der Waals surface area contributed by atoms with Crippen LogP contribution in [-0.2, 0) is 12.8 Å². The summed E-state index contributed by atoms with van der Waals surface area (Å²) >= 11 is 0. The van der Waals surface area contributed by atoms with Crippen LogP contribution in [0.5, 0.6) is 0 Å². The highest BCUT2D eigenvalue weighted by atomic mass is 16.4. The number of rotatable bonds is 2. The molecule has 1 saturated carbocycles. The Morgan fingerprint density at radius 2 is 2.06 bits per heavy atom. The monoisotopic (exact) mass is 220 g/mol. The standard InChI is InChI=1S/C13H20N2O/c14-8-9-5-6-11-12(7-9)16-13(15-11)10-3-1-2-4-10/h9-10H,1-8,14H2. The second-order valence-electron chi connectivity index (χ2n) is 5.25. The van der Waals surface area contributed by atoms with E-state index in [0.29, 0.717) is 11.8 Å². The first-order chi connectivity index (χ1) is 7.86. The molecule has 0 bridgehead atoms. The molecular formula is C13H20N2O. The number of aryl methyl sites for hydroxylation is 1. The van der Waals surface area contributed by atoms with Gasteiger partial charge in [-0.05, 0) is 38.1 Å². The van der Waals surface area contributed by atoms with Crippen molar-refractivity contribution in [2.75, 3.05) is 6.54 Å². The van der Waals surface area contributed by atoms with E-state index in [1.54, 1.807) is 0 Å². The van der Waals surface area contributed by atoms with E-state index in [0.717, 1.165) is 31.0 Å². The summed E-state index contributed by atoms with van der Waals surface area (Å²) in [6.07, 6.45) is 8.45. The van der Waals surface area contributed by atoms with Gasteiger partial charge < -0.3 is 10.2 Å². The molecule has 88 valence electrons. The van der Waals surface area contributed by atoms with Crippen LogP contribution in [0.2, 0.25) is 0 Å². The summed E-state index contributed by atoms with van der Waals surface area (Å²) in [6, 6.07) is 0. The zero-order valence-electron chi connectivity index (χ0n) is 9.74. The summed E-state index contributed by atoms with van der Waals surface area (Å²) in [5.41, 5.74) is 6.94. The number of nitrogens with two attached hydrogens (primary N) is 1. The zero-order chi connectivity index (χ0) is 11.0. The Hall–Kier alpha value is -0.830. The third-order valence-corrected chi connectivity index (χ3v) is 4.10. The van der Waals surface area contributed by atoms with E-state index in [2.05, 4.69) is 0 Å². The molecule has 2 aliphatic rings. The van der Waals surface area contributed by atoms with Gasteiger partial charge in [0.05, 0.1) is 5.69 Å². The maximum atomic E-state index is 5.96. The van der Waals surface area contributed by atoms with Crippen LogP contribution in [-0.4, -0.2) is 11.5 Å². The minimum atomic E-state index is 0.599. The van der Waals surface area contributed by atoms with Crippen molar-refractivity contribution in [2.45, 2.75) is 50.9 Å². The van der Waals surface area contributed by atoms with Crippen molar-refractivity contribution < 1.29 is 4.42 Å². The first-order valence-corrected chi connectivity index (χ1v) is 6.55. The average Bonchev–Trinajstić information content (AvgIpc) is 2.96. The molecule has 0 radical (unpaired) electrons. The SMILES string of the molecule is NCC1CCc2nc(C3CCCC3)oc2C1. The highest BCUT2D eigenvalue weighted by Crippen LogP contribution is 2.36. The van der Waals surface area contributed by atoms with E-state index < -0.39 is 0 Å². The predicted octanol–water partition coefficient (Wildman–Crippen LogP) is 2.40. The molecule has 1 atom stereocenters. The van der Waals surface area contributed by atoms with Crippen molar-refractivity contribution in [2.24, 2.45) is 11.7 Å². The number of hydrogen-bond donors (Lipinski definition) is 1. The highest BCUT2D eigenvalue weighted by molar-refractivity contribution is 5.16. The minimum Gasteiger partial charge on any atom is -0.445 e. The van der Waals surface area contributed by atoms with Gasteiger partial charge in [0.25, 0.3) is 0 Å². The van der Waals surface area contributed by atoms with E-state index in [-0.39, 0.29) is 0 Å². The topological polar surface area (TPSA) is 52.0 Å². The Balaban J connectivity index is 1.80. The predicted molar refractivity (Wildman–Crippen MR) is 62.3 cm³/mol. The molecule has 1 aromatic rings.